The van der Waals surface area contributed by atoms with Crippen molar-refractivity contribution in [1.29, 1.82) is 0 Å². The number of para-hydroxylation sites is 1. The number of aromatic nitrogens is 1. The average Bonchev–Trinajstić information content (AvgIpc) is 2.75. The number of amides is 1. The van der Waals surface area contributed by atoms with Crippen LogP contribution in [0.5, 0.6) is 0 Å². The van der Waals surface area contributed by atoms with Gasteiger partial charge in [-0.15, -0.1) is 11.3 Å². The highest BCUT2D eigenvalue weighted by Crippen LogP contribution is 2.23. The molecule has 5 nitrogen and oxygen atoms in total. The zero-order chi connectivity index (χ0) is 14.7. The number of anilines is 1. The number of carbonyl (C=O) groups excluding carboxylic acids is 1. The second kappa shape index (κ2) is 5.83. The van der Waals surface area contributed by atoms with Gasteiger partial charge < -0.3 is 5.11 Å². The summed E-state index contributed by atoms with van der Waals surface area (Å²) in [5, 5.41) is 9.80. The molecule has 2 rings (SSSR count). The third-order valence-electron chi connectivity index (χ3n) is 2.70. The summed E-state index contributed by atoms with van der Waals surface area (Å²) in [6.45, 7) is 3.19. The van der Waals surface area contributed by atoms with E-state index >= 15 is 0 Å². The average molecular weight is 290 g/mol. The van der Waals surface area contributed by atoms with Crippen LogP contribution < -0.4 is 4.90 Å². The van der Waals surface area contributed by atoms with Crippen molar-refractivity contribution in [3.05, 3.63) is 45.9 Å². The fraction of sp³-hybridized carbons (Fsp3) is 0.214. The van der Waals surface area contributed by atoms with E-state index in [4.69, 9.17) is 5.11 Å². The summed E-state index contributed by atoms with van der Waals surface area (Å²) in [4.78, 5) is 29.5. The Morgan fingerprint density at radius 3 is 2.40 bits per heavy atom. The first-order valence-electron chi connectivity index (χ1n) is 6.01. The number of thiazole rings is 1. The molecule has 0 aliphatic rings. The third kappa shape index (κ3) is 3.03. The number of carboxylic acids is 1. The standard InChI is InChI=1S/C14H14N2O3S/c1-9-13(20-10(2)15-9)14(19)16(8-12(17)18)11-6-4-3-5-7-11/h3-7H,8H2,1-2H3,(H,17,18). The maximum absolute atomic E-state index is 12.5. The Morgan fingerprint density at radius 2 is 1.90 bits per heavy atom. The van der Waals surface area contributed by atoms with Gasteiger partial charge in [-0.25, -0.2) is 4.98 Å². The van der Waals surface area contributed by atoms with E-state index in [9.17, 15) is 9.59 Å². The molecule has 0 aliphatic heterocycles. The molecule has 20 heavy (non-hydrogen) atoms. The van der Waals surface area contributed by atoms with Gasteiger partial charge in [0.1, 0.15) is 11.4 Å². The first-order valence-corrected chi connectivity index (χ1v) is 6.83. The second-order valence-electron chi connectivity index (χ2n) is 4.27. The second-order valence-corrected chi connectivity index (χ2v) is 5.47. The van der Waals surface area contributed by atoms with Crippen molar-refractivity contribution in [3.63, 3.8) is 0 Å². The lowest BCUT2D eigenvalue weighted by atomic mass is 10.2. The number of aryl methyl sites for hydroxylation is 2. The van der Waals surface area contributed by atoms with Crippen molar-refractivity contribution in [2.24, 2.45) is 0 Å². The molecule has 104 valence electrons. The molecule has 0 saturated carbocycles. The Bertz CT molecular complexity index is 637. The van der Waals surface area contributed by atoms with Gasteiger partial charge in [0.25, 0.3) is 5.91 Å². The van der Waals surface area contributed by atoms with E-state index in [2.05, 4.69) is 4.98 Å². The van der Waals surface area contributed by atoms with Gasteiger partial charge in [-0.3, -0.25) is 14.5 Å². The van der Waals surface area contributed by atoms with Gasteiger partial charge in [-0.1, -0.05) is 18.2 Å². The normalized spacial score (nSPS) is 10.3. The number of benzene rings is 1. The number of carbonyl (C=O) groups is 2. The lowest BCUT2D eigenvalue weighted by Crippen LogP contribution is -2.35. The largest absolute Gasteiger partial charge is 0.480 e. The van der Waals surface area contributed by atoms with Crippen LogP contribution in [0.2, 0.25) is 0 Å². The number of aliphatic carboxylic acids is 1. The number of rotatable bonds is 4. The number of carboxylic acid groups (broad SMARTS) is 1. The van der Waals surface area contributed by atoms with Crippen LogP contribution in [0.25, 0.3) is 0 Å². The predicted octanol–water partition coefficient (Wildman–Crippen LogP) is 2.49. The zero-order valence-electron chi connectivity index (χ0n) is 11.2. The number of nitrogens with zero attached hydrogens (tertiary/aromatic N) is 2. The van der Waals surface area contributed by atoms with Gasteiger partial charge in [-0.2, -0.15) is 0 Å². The van der Waals surface area contributed by atoms with Crippen molar-refractivity contribution in [2.75, 3.05) is 11.4 Å². The Kier molecular flexibility index (Phi) is 4.14. The molecule has 0 unspecified atom stereocenters. The van der Waals surface area contributed by atoms with E-state index in [0.717, 1.165) is 5.01 Å². The molecular formula is C14H14N2O3S. The molecule has 1 N–H and O–H groups in total. The van der Waals surface area contributed by atoms with Gasteiger partial charge >= 0.3 is 5.97 Å². The zero-order valence-corrected chi connectivity index (χ0v) is 12.0. The van der Waals surface area contributed by atoms with Gasteiger partial charge in [0, 0.05) is 5.69 Å². The topological polar surface area (TPSA) is 70.5 Å². The Hall–Kier alpha value is -2.21. The molecule has 1 amide bonds. The Labute approximate surface area is 120 Å². The summed E-state index contributed by atoms with van der Waals surface area (Å²) in [5.41, 5.74) is 1.19. The van der Waals surface area contributed by atoms with Gasteiger partial charge in [0.2, 0.25) is 0 Å². The van der Waals surface area contributed by atoms with Crippen molar-refractivity contribution < 1.29 is 14.7 Å². The summed E-state index contributed by atoms with van der Waals surface area (Å²) in [5.74, 6) is -1.39. The van der Waals surface area contributed by atoms with E-state index in [1.54, 1.807) is 31.2 Å². The van der Waals surface area contributed by atoms with E-state index < -0.39 is 5.97 Å². The van der Waals surface area contributed by atoms with Crippen LogP contribution in [-0.4, -0.2) is 28.5 Å². The quantitative estimate of drug-likeness (QED) is 0.939. The van der Waals surface area contributed by atoms with Crippen LogP contribution in [0.3, 0.4) is 0 Å². The van der Waals surface area contributed by atoms with E-state index in [0.29, 0.717) is 16.3 Å². The smallest absolute Gasteiger partial charge is 0.323 e. The van der Waals surface area contributed by atoms with Crippen LogP contribution >= 0.6 is 11.3 Å². The maximum atomic E-state index is 12.5. The number of hydrogen-bond donors (Lipinski definition) is 1. The molecule has 1 heterocycles. The fourth-order valence-corrected chi connectivity index (χ4v) is 2.74. The Morgan fingerprint density at radius 1 is 1.25 bits per heavy atom. The van der Waals surface area contributed by atoms with E-state index in [-0.39, 0.29) is 12.5 Å². The highest BCUT2D eigenvalue weighted by molar-refractivity contribution is 7.13. The van der Waals surface area contributed by atoms with E-state index in [1.807, 2.05) is 13.0 Å². The van der Waals surface area contributed by atoms with Gasteiger partial charge in [-0.05, 0) is 26.0 Å². The highest BCUT2D eigenvalue weighted by Gasteiger charge is 2.23. The van der Waals surface area contributed by atoms with Crippen molar-refractivity contribution in [1.82, 2.24) is 4.98 Å². The third-order valence-corrected chi connectivity index (χ3v) is 3.77. The minimum absolute atomic E-state index is 0.332. The van der Waals surface area contributed by atoms with E-state index in [1.165, 1.54) is 16.2 Å². The molecule has 0 fully saturated rings. The molecule has 1 aromatic heterocycles. The first kappa shape index (κ1) is 14.2. The maximum Gasteiger partial charge on any atom is 0.323 e. The van der Waals surface area contributed by atoms with Gasteiger partial charge in [0.15, 0.2) is 0 Å². The first-order chi connectivity index (χ1) is 9.49. The van der Waals surface area contributed by atoms with Crippen LogP contribution in [0.1, 0.15) is 20.4 Å². The molecular weight excluding hydrogens is 276 g/mol. The van der Waals surface area contributed by atoms with Crippen LogP contribution in [0.4, 0.5) is 5.69 Å². The van der Waals surface area contributed by atoms with Crippen LogP contribution in [-0.2, 0) is 4.79 Å². The summed E-state index contributed by atoms with van der Waals surface area (Å²) in [6, 6.07) is 8.77. The SMILES string of the molecule is Cc1nc(C)c(C(=O)N(CC(=O)O)c2ccccc2)s1. The molecule has 2 aromatic rings. The minimum atomic E-state index is -1.05. The van der Waals surface area contributed by atoms with Crippen LogP contribution in [0, 0.1) is 13.8 Å². The summed E-state index contributed by atoms with van der Waals surface area (Å²) in [7, 11) is 0. The monoisotopic (exact) mass is 290 g/mol. The lowest BCUT2D eigenvalue weighted by molar-refractivity contribution is -0.135. The minimum Gasteiger partial charge on any atom is -0.480 e. The molecule has 0 spiro atoms. The van der Waals surface area contributed by atoms with Crippen molar-refractivity contribution >= 4 is 28.9 Å². The molecule has 0 saturated heterocycles. The predicted molar refractivity (Wildman–Crippen MR) is 77.3 cm³/mol. The lowest BCUT2D eigenvalue weighted by Gasteiger charge is -2.20. The molecule has 6 heteroatoms. The highest BCUT2D eigenvalue weighted by atomic mass is 32.1. The Balaban J connectivity index is 2.39. The van der Waals surface area contributed by atoms with Crippen LogP contribution in [0.15, 0.2) is 30.3 Å². The van der Waals surface area contributed by atoms with Crippen molar-refractivity contribution in [3.8, 4) is 0 Å². The number of hydrogen-bond acceptors (Lipinski definition) is 4. The fourth-order valence-electron chi connectivity index (χ4n) is 1.88. The molecule has 0 atom stereocenters. The van der Waals surface area contributed by atoms with Gasteiger partial charge in [0.05, 0.1) is 10.7 Å². The summed E-state index contributed by atoms with van der Waals surface area (Å²) >= 11 is 1.28. The molecule has 1 aromatic carbocycles. The molecule has 0 aliphatic carbocycles. The summed E-state index contributed by atoms with van der Waals surface area (Å²) in [6.07, 6.45) is 0. The summed E-state index contributed by atoms with van der Waals surface area (Å²) < 4.78 is 0. The molecule has 0 bridgehead atoms. The van der Waals surface area contributed by atoms with Crippen molar-refractivity contribution in [2.45, 2.75) is 13.8 Å². The molecule has 0 radical (unpaired) electrons.